The normalized spacial score (nSPS) is 10.1. The van der Waals surface area contributed by atoms with E-state index in [4.69, 9.17) is 15.2 Å². The number of nitrogens with two attached hydrogens (primary N) is 1. The minimum absolute atomic E-state index is 0.113. The third-order valence-corrected chi connectivity index (χ3v) is 2.75. The molecule has 0 radical (unpaired) electrons. The van der Waals surface area contributed by atoms with Crippen LogP contribution in [0.4, 0.5) is 5.69 Å². The SMILES string of the molecule is COc1cccc(-c2c(N)cccc2O)c1OC. The Morgan fingerprint density at radius 2 is 1.72 bits per heavy atom. The fraction of sp³-hybridized carbons (Fsp3) is 0.143. The fourth-order valence-electron chi connectivity index (χ4n) is 1.93. The van der Waals surface area contributed by atoms with E-state index < -0.39 is 0 Å². The van der Waals surface area contributed by atoms with Gasteiger partial charge in [-0.25, -0.2) is 0 Å². The smallest absolute Gasteiger partial charge is 0.168 e. The van der Waals surface area contributed by atoms with Crippen LogP contribution < -0.4 is 15.2 Å². The molecule has 2 aromatic rings. The maximum absolute atomic E-state index is 9.95. The lowest BCUT2D eigenvalue weighted by Crippen LogP contribution is -1.96. The molecule has 94 valence electrons. The molecular weight excluding hydrogens is 230 g/mol. The number of anilines is 1. The lowest BCUT2D eigenvalue weighted by molar-refractivity contribution is 0.356. The molecule has 0 saturated heterocycles. The highest BCUT2D eigenvalue weighted by atomic mass is 16.5. The van der Waals surface area contributed by atoms with Crippen molar-refractivity contribution in [2.45, 2.75) is 0 Å². The zero-order valence-electron chi connectivity index (χ0n) is 10.3. The summed E-state index contributed by atoms with van der Waals surface area (Å²) in [5.74, 6) is 1.26. The van der Waals surface area contributed by atoms with Crippen LogP contribution in [0.1, 0.15) is 0 Å². The van der Waals surface area contributed by atoms with Crippen molar-refractivity contribution in [1.29, 1.82) is 0 Å². The molecule has 0 aliphatic carbocycles. The first-order valence-corrected chi connectivity index (χ1v) is 5.48. The van der Waals surface area contributed by atoms with E-state index in [0.29, 0.717) is 28.3 Å². The number of nitrogen functional groups attached to an aromatic ring is 1. The lowest BCUT2D eigenvalue weighted by Gasteiger charge is -2.15. The van der Waals surface area contributed by atoms with Gasteiger partial charge in [0.2, 0.25) is 0 Å². The van der Waals surface area contributed by atoms with Gasteiger partial charge in [-0.1, -0.05) is 18.2 Å². The van der Waals surface area contributed by atoms with E-state index in [1.54, 1.807) is 38.5 Å². The van der Waals surface area contributed by atoms with Gasteiger partial charge in [-0.05, 0) is 18.2 Å². The van der Waals surface area contributed by atoms with E-state index in [9.17, 15) is 5.11 Å². The Kier molecular flexibility index (Phi) is 3.28. The largest absolute Gasteiger partial charge is 0.507 e. The molecule has 0 bridgehead atoms. The maximum Gasteiger partial charge on any atom is 0.168 e. The molecule has 0 aromatic heterocycles. The molecule has 0 amide bonds. The molecule has 0 unspecified atom stereocenters. The Hall–Kier alpha value is -2.36. The summed E-state index contributed by atoms with van der Waals surface area (Å²) >= 11 is 0. The molecule has 2 aromatic carbocycles. The summed E-state index contributed by atoms with van der Waals surface area (Å²) in [6.07, 6.45) is 0. The van der Waals surface area contributed by atoms with Gasteiger partial charge in [0, 0.05) is 11.3 Å². The topological polar surface area (TPSA) is 64.7 Å². The predicted octanol–water partition coefficient (Wildman–Crippen LogP) is 2.66. The number of ether oxygens (including phenoxy) is 2. The van der Waals surface area contributed by atoms with Crippen molar-refractivity contribution in [2.75, 3.05) is 20.0 Å². The van der Waals surface area contributed by atoms with Crippen LogP contribution >= 0.6 is 0 Å². The number of phenols is 1. The van der Waals surface area contributed by atoms with Crippen molar-refractivity contribution in [3.8, 4) is 28.4 Å². The zero-order chi connectivity index (χ0) is 13.1. The first-order chi connectivity index (χ1) is 8.69. The molecule has 0 saturated carbocycles. The third kappa shape index (κ3) is 1.93. The molecule has 0 spiro atoms. The maximum atomic E-state index is 9.95. The van der Waals surface area contributed by atoms with Crippen LogP contribution in [-0.2, 0) is 0 Å². The van der Waals surface area contributed by atoms with Crippen LogP contribution in [0.15, 0.2) is 36.4 Å². The minimum Gasteiger partial charge on any atom is -0.507 e. The van der Waals surface area contributed by atoms with E-state index in [1.165, 1.54) is 0 Å². The van der Waals surface area contributed by atoms with Gasteiger partial charge in [-0.3, -0.25) is 0 Å². The van der Waals surface area contributed by atoms with E-state index in [-0.39, 0.29) is 5.75 Å². The molecule has 0 aliphatic rings. The minimum atomic E-state index is 0.113. The van der Waals surface area contributed by atoms with E-state index in [2.05, 4.69) is 0 Å². The number of phenolic OH excluding ortho intramolecular Hbond substituents is 1. The monoisotopic (exact) mass is 245 g/mol. The van der Waals surface area contributed by atoms with E-state index >= 15 is 0 Å². The van der Waals surface area contributed by atoms with Gasteiger partial charge >= 0.3 is 0 Å². The summed E-state index contributed by atoms with van der Waals surface area (Å²) in [4.78, 5) is 0. The fourth-order valence-corrected chi connectivity index (χ4v) is 1.93. The molecular formula is C14H15NO3. The highest BCUT2D eigenvalue weighted by Crippen LogP contribution is 2.43. The highest BCUT2D eigenvalue weighted by molar-refractivity contribution is 5.86. The number of rotatable bonds is 3. The second kappa shape index (κ2) is 4.87. The number of aromatic hydroxyl groups is 1. The van der Waals surface area contributed by atoms with Crippen molar-refractivity contribution in [2.24, 2.45) is 0 Å². The average Bonchev–Trinajstić information content (AvgIpc) is 2.38. The van der Waals surface area contributed by atoms with Crippen LogP contribution in [0.25, 0.3) is 11.1 Å². The Labute approximate surface area is 106 Å². The van der Waals surface area contributed by atoms with Crippen LogP contribution in [0, 0.1) is 0 Å². The Morgan fingerprint density at radius 3 is 2.33 bits per heavy atom. The third-order valence-electron chi connectivity index (χ3n) is 2.75. The van der Waals surface area contributed by atoms with Gasteiger partial charge in [-0.2, -0.15) is 0 Å². The summed E-state index contributed by atoms with van der Waals surface area (Å²) in [7, 11) is 3.12. The van der Waals surface area contributed by atoms with Gasteiger partial charge in [0.25, 0.3) is 0 Å². The van der Waals surface area contributed by atoms with Crippen LogP contribution in [0.3, 0.4) is 0 Å². The van der Waals surface area contributed by atoms with E-state index in [0.717, 1.165) is 0 Å². The van der Waals surface area contributed by atoms with Crippen LogP contribution in [-0.4, -0.2) is 19.3 Å². The second-order valence-electron chi connectivity index (χ2n) is 3.78. The molecule has 3 N–H and O–H groups in total. The molecule has 4 nitrogen and oxygen atoms in total. The number of methoxy groups -OCH3 is 2. The molecule has 18 heavy (non-hydrogen) atoms. The van der Waals surface area contributed by atoms with Gasteiger partial charge < -0.3 is 20.3 Å². The van der Waals surface area contributed by atoms with Crippen LogP contribution in [0.2, 0.25) is 0 Å². The quantitative estimate of drug-likeness (QED) is 0.816. The van der Waals surface area contributed by atoms with Gasteiger partial charge in [0.15, 0.2) is 11.5 Å². The summed E-state index contributed by atoms with van der Waals surface area (Å²) in [6, 6.07) is 10.5. The summed E-state index contributed by atoms with van der Waals surface area (Å²) in [5, 5.41) is 9.95. The Morgan fingerprint density at radius 1 is 1.00 bits per heavy atom. The highest BCUT2D eigenvalue weighted by Gasteiger charge is 2.16. The van der Waals surface area contributed by atoms with Gasteiger partial charge in [0.1, 0.15) is 5.75 Å². The first kappa shape index (κ1) is 12.1. The molecule has 0 heterocycles. The van der Waals surface area contributed by atoms with Gasteiger partial charge in [0.05, 0.1) is 19.8 Å². The summed E-state index contributed by atoms with van der Waals surface area (Å²) < 4.78 is 10.6. The first-order valence-electron chi connectivity index (χ1n) is 5.48. The number of hydrogen-bond donors (Lipinski definition) is 2. The summed E-state index contributed by atoms with van der Waals surface area (Å²) in [5.41, 5.74) is 7.65. The lowest BCUT2D eigenvalue weighted by atomic mass is 10.0. The number of para-hydroxylation sites is 1. The zero-order valence-corrected chi connectivity index (χ0v) is 10.3. The van der Waals surface area contributed by atoms with Crippen molar-refractivity contribution < 1.29 is 14.6 Å². The van der Waals surface area contributed by atoms with Crippen molar-refractivity contribution in [3.63, 3.8) is 0 Å². The summed E-state index contributed by atoms with van der Waals surface area (Å²) in [6.45, 7) is 0. The van der Waals surface area contributed by atoms with Crippen molar-refractivity contribution in [3.05, 3.63) is 36.4 Å². The Balaban J connectivity index is 2.71. The number of benzene rings is 2. The van der Waals surface area contributed by atoms with Crippen LogP contribution in [0.5, 0.6) is 17.2 Å². The Bertz CT molecular complexity index is 547. The second-order valence-corrected chi connectivity index (χ2v) is 3.78. The molecule has 0 atom stereocenters. The molecule has 0 aliphatic heterocycles. The molecule has 0 fully saturated rings. The predicted molar refractivity (Wildman–Crippen MR) is 71.1 cm³/mol. The number of hydrogen-bond acceptors (Lipinski definition) is 4. The average molecular weight is 245 g/mol. The van der Waals surface area contributed by atoms with Gasteiger partial charge in [-0.15, -0.1) is 0 Å². The van der Waals surface area contributed by atoms with E-state index in [1.807, 2.05) is 12.1 Å². The van der Waals surface area contributed by atoms with Crippen molar-refractivity contribution >= 4 is 5.69 Å². The standard InChI is InChI=1S/C14H15NO3/c1-17-12-8-3-5-9(14(12)18-2)13-10(15)6-4-7-11(13)16/h3-8,16H,15H2,1-2H3. The molecule has 4 heteroatoms. The van der Waals surface area contributed by atoms with Crippen molar-refractivity contribution in [1.82, 2.24) is 0 Å². The molecule has 2 rings (SSSR count).